The molecular weight excluding hydrogens is 192 g/mol. The number of para-hydroxylation sites is 1. The van der Waals surface area contributed by atoms with Crippen molar-refractivity contribution >= 4 is 0 Å². The first kappa shape index (κ1) is 9.21. The van der Waals surface area contributed by atoms with Crippen molar-refractivity contribution in [2.45, 2.75) is 12.5 Å². The maximum atomic E-state index is 12.4. The molecule has 0 amide bonds. The number of ether oxygens (including phenoxy) is 2. The Bertz CT molecular complexity index is 344. The number of alkyl halides is 2. The van der Waals surface area contributed by atoms with Crippen LogP contribution in [0.5, 0.6) is 11.5 Å². The smallest absolute Gasteiger partial charge is 0.257 e. The fraction of sp³-hybridized carbons (Fsp3) is 0.333. The van der Waals surface area contributed by atoms with Gasteiger partial charge < -0.3 is 15.2 Å². The van der Waals surface area contributed by atoms with E-state index in [0.29, 0.717) is 11.5 Å². The SMILES string of the molecule is N[C@@H](c1cccc2c1OCO2)C(F)F. The van der Waals surface area contributed by atoms with Gasteiger partial charge in [-0.1, -0.05) is 12.1 Å². The van der Waals surface area contributed by atoms with E-state index in [2.05, 4.69) is 0 Å². The van der Waals surface area contributed by atoms with Gasteiger partial charge >= 0.3 is 0 Å². The largest absolute Gasteiger partial charge is 0.454 e. The Kier molecular flexibility index (Phi) is 2.25. The summed E-state index contributed by atoms with van der Waals surface area (Å²) in [5.41, 5.74) is 5.61. The lowest BCUT2D eigenvalue weighted by atomic mass is 10.1. The average molecular weight is 201 g/mol. The summed E-state index contributed by atoms with van der Waals surface area (Å²) in [7, 11) is 0. The summed E-state index contributed by atoms with van der Waals surface area (Å²) >= 11 is 0. The molecule has 1 aliphatic rings. The van der Waals surface area contributed by atoms with Crippen LogP contribution in [0.2, 0.25) is 0 Å². The Hall–Kier alpha value is -1.36. The summed E-state index contributed by atoms with van der Waals surface area (Å²) in [4.78, 5) is 0. The Morgan fingerprint density at radius 3 is 2.79 bits per heavy atom. The minimum Gasteiger partial charge on any atom is -0.454 e. The van der Waals surface area contributed by atoms with Crippen LogP contribution in [0.3, 0.4) is 0 Å². The molecule has 5 heteroatoms. The molecule has 1 aromatic carbocycles. The van der Waals surface area contributed by atoms with Crippen molar-refractivity contribution < 1.29 is 18.3 Å². The van der Waals surface area contributed by atoms with Crippen LogP contribution in [0, 0.1) is 0 Å². The highest BCUT2D eigenvalue weighted by Gasteiger charge is 2.26. The Morgan fingerprint density at radius 1 is 1.29 bits per heavy atom. The van der Waals surface area contributed by atoms with Gasteiger partial charge in [-0.2, -0.15) is 0 Å². The summed E-state index contributed by atoms with van der Waals surface area (Å²) in [6.07, 6.45) is -2.61. The van der Waals surface area contributed by atoms with Gasteiger partial charge in [-0.3, -0.25) is 0 Å². The molecule has 2 N–H and O–H groups in total. The van der Waals surface area contributed by atoms with Gasteiger partial charge in [0.15, 0.2) is 11.5 Å². The molecule has 0 radical (unpaired) electrons. The van der Waals surface area contributed by atoms with Crippen LogP contribution in [-0.4, -0.2) is 13.2 Å². The second-order valence-electron chi connectivity index (χ2n) is 2.94. The molecule has 0 unspecified atom stereocenters. The predicted octanol–water partition coefficient (Wildman–Crippen LogP) is 1.68. The first-order valence-electron chi connectivity index (χ1n) is 4.12. The Labute approximate surface area is 79.4 Å². The first-order chi connectivity index (χ1) is 6.70. The molecule has 2 rings (SSSR count). The van der Waals surface area contributed by atoms with Gasteiger partial charge in [0.25, 0.3) is 6.43 Å². The number of hydrogen-bond donors (Lipinski definition) is 1. The summed E-state index contributed by atoms with van der Waals surface area (Å²) in [5.74, 6) is 0.805. The maximum absolute atomic E-state index is 12.4. The molecule has 1 aromatic rings. The van der Waals surface area contributed by atoms with Gasteiger partial charge in [-0.15, -0.1) is 0 Å². The molecule has 3 nitrogen and oxygen atoms in total. The quantitative estimate of drug-likeness (QED) is 0.791. The van der Waals surface area contributed by atoms with Crippen molar-refractivity contribution in [2.24, 2.45) is 5.73 Å². The van der Waals surface area contributed by atoms with Gasteiger partial charge in [-0.25, -0.2) is 8.78 Å². The number of halogens is 2. The summed E-state index contributed by atoms with van der Waals surface area (Å²) in [6.45, 7) is 0.0578. The molecule has 1 aliphatic heterocycles. The van der Waals surface area contributed by atoms with Crippen LogP contribution in [0.1, 0.15) is 11.6 Å². The molecule has 1 atom stereocenters. The lowest BCUT2D eigenvalue weighted by molar-refractivity contribution is 0.114. The molecule has 0 fully saturated rings. The third-order valence-electron chi connectivity index (χ3n) is 2.06. The van der Waals surface area contributed by atoms with E-state index >= 15 is 0 Å². The Morgan fingerprint density at radius 2 is 2.07 bits per heavy atom. The molecule has 0 aromatic heterocycles. The molecule has 1 heterocycles. The highest BCUT2D eigenvalue weighted by atomic mass is 19.3. The summed E-state index contributed by atoms with van der Waals surface area (Å²) in [6, 6.07) is 3.46. The first-order valence-corrected chi connectivity index (χ1v) is 4.12. The van der Waals surface area contributed by atoms with Gasteiger partial charge in [0.1, 0.15) is 0 Å². The van der Waals surface area contributed by atoms with Crippen molar-refractivity contribution in [3.63, 3.8) is 0 Å². The van der Waals surface area contributed by atoms with Crippen LogP contribution in [0.25, 0.3) is 0 Å². The van der Waals surface area contributed by atoms with E-state index in [9.17, 15) is 8.78 Å². The summed E-state index contributed by atoms with van der Waals surface area (Å²) < 4.78 is 34.8. The Balaban J connectivity index is 2.39. The average Bonchev–Trinajstić information content (AvgIpc) is 2.63. The predicted molar refractivity (Wildman–Crippen MR) is 45.5 cm³/mol. The van der Waals surface area contributed by atoms with Gasteiger partial charge in [0.2, 0.25) is 6.79 Å². The van der Waals surface area contributed by atoms with Crippen LogP contribution >= 0.6 is 0 Å². The molecule has 76 valence electrons. The van der Waals surface area contributed by atoms with E-state index in [1.165, 1.54) is 6.07 Å². The zero-order chi connectivity index (χ0) is 10.1. The number of nitrogens with two attached hydrogens (primary N) is 1. The lowest BCUT2D eigenvalue weighted by Gasteiger charge is -2.12. The highest BCUT2D eigenvalue weighted by molar-refractivity contribution is 5.49. The second kappa shape index (κ2) is 3.42. The normalized spacial score (nSPS) is 16.0. The van der Waals surface area contributed by atoms with E-state index in [0.717, 1.165) is 0 Å². The van der Waals surface area contributed by atoms with E-state index in [1.54, 1.807) is 12.1 Å². The van der Waals surface area contributed by atoms with E-state index in [-0.39, 0.29) is 12.4 Å². The van der Waals surface area contributed by atoms with Crippen molar-refractivity contribution in [1.82, 2.24) is 0 Å². The zero-order valence-electron chi connectivity index (χ0n) is 7.24. The third-order valence-corrected chi connectivity index (χ3v) is 2.06. The van der Waals surface area contributed by atoms with E-state index < -0.39 is 12.5 Å². The monoisotopic (exact) mass is 201 g/mol. The molecule has 0 spiro atoms. The van der Waals surface area contributed by atoms with Crippen LogP contribution in [-0.2, 0) is 0 Å². The van der Waals surface area contributed by atoms with Gasteiger partial charge in [0, 0.05) is 5.56 Å². The van der Waals surface area contributed by atoms with Crippen LogP contribution in [0.15, 0.2) is 18.2 Å². The van der Waals surface area contributed by atoms with Crippen LogP contribution in [0.4, 0.5) is 8.78 Å². The molecule has 0 aliphatic carbocycles. The second-order valence-corrected chi connectivity index (χ2v) is 2.94. The fourth-order valence-corrected chi connectivity index (χ4v) is 1.35. The molecule has 14 heavy (non-hydrogen) atoms. The molecular formula is C9H9F2NO2. The highest BCUT2D eigenvalue weighted by Crippen LogP contribution is 2.38. The zero-order valence-corrected chi connectivity index (χ0v) is 7.24. The number of rotatable bonds is 2. The van der Waals surface area contributed by atoms with Crippen molar-refractivity contribution in [2.75, 3.05) is 6.79 Å². The minimum absolute atomic E-state index is 0.0578. The molecule has 0 bridgehead atoms. The summed E-state index contributed by atoms with van der Waals surface area (Å²) in [5, 5.41) is 0. The standard InChI is InChI=1S/C9H9F2NO2/c10-9(11)7(12)5-2-1-3-6-8(5)14-4-13-6/h1-3,7,9H,4,12H2/t7-/m0/s1. The fourth-order valence-electron chi connectivity index (χ4n) is 1.35. The molecule has 0 saturated carbocycles. The third kappa shape index (κ3) is 1.39. The van der Waals surface area contributed by atoms with E-state index in [1.807, 2.05) is 0 Å². The minimum atomic E-state index is -2.61. The maximum Gasteiger partial charge on any atom is 0.257 e. The van der Waals surface area contributed by atoms with Crippen molar-refractivity contribution in [1.29, 1.82) is 0 Å². The van der Waals surface area contributed by atoms with Crippen molar-refractivity contribution in [3.05, 3.63) is 23.8 Å². The van der Waals surface area contributed by atoms with Gasteiger partial charge in [0.05, 0.1) is 6.04 Å². The molecule has 0 saturated heterocycles. The van der Waals surface area contributed by atoms with E-state index in [4.69, 9.17) is 15.2 Å². The topological polar surface area (TPSA) is 44.5 Å². The van der Waals surface area contributed by atoms with Crippen molar-refractivity contribution in [3.8, 4) is 11.5 Å². The number of fused-ring (bicyclic) bond motifs is 1. The number of hydrogen-bond acceptors (Lipinski definition) is 3. The lowest BCUT2D eigenvalue weighted by Crippen LogP contribution is -2.19. The van der Waals surface area contributed by atoms with Gasteiger partial charge in [-0.05, 0) is 6.07 Å². The number of benzene rings is 1. The van der Waals surface area contributed by atoms with Crippen LogP contribution < -0.4 is 15.2 Å².